The van der Waals surface area contributed by atoms with Crippen LogP contribution in [0.3, 0.4) is 0 Å². The van der Waals surface area contributed by atoms with Crippen molar-refractivity contribution in [3.63, 3.8) is 0 Å². The lowest BCUT2D eigenvalue weighted by atomic mass is 9.69. The number of nitrogens with zero attached hydrogens (tertiary/aromatic N) is 4. The summed E-state index contributed by atoms with van der Waals surface area (Å²) in [7, 11) is 1.56. The summed E-state index contributed by atoms with van der Waals surface area (Å²) >= 11 is 13.1. The standard InChI is InChI=1S/C29H34Cl2N4O5/c1-28(2,3)40-27(37)35-16-5-6-17(35)14-34(13-16)25-19-7-8-29(11-22(19)32-26(31)33-25)12-23(36)24-20(29)9-18(10-21(24)30)39-15-38-4/h9-10,16-17H,5-8,11-15H2,1-4H3. The number of ether oxygens (including phenoxy) is 3. The molecule has 1 aromatic carbocycles. The number of hydrogen-bond acceptors (Lipinski definition) is 8. The number of fused-ring (bicyclic) bond motifs is 5. The van der Waals surface area contributed by atoms with Crippen LogP contribution in [0.2, 0.25) is 10.3 Å². The fourth-order valence-electron chi connectivity index (χ4n) is 6.98. The smallest absolute Gasteiger partial charge is 0.410 e. The number of hydrogen-bond donors (Lipinski definition) is 0. The molecule has 0 saturated carbocycles. The first-order valence-corrected chi connectivity index (χ1v) is 14.5. The van der Waals surface area contributed by atoms with Crippen LogP contribution in [0.4, 0.5) is 10.6 Å². The van der Waals surface area contributed by atoms with Gasteiger partial charge in [0.25, 0.3) is 0 Å². The molecule has 11 heteroatoms. The van der Waals surface area contributed by atoms with Crippen LogP contribution >= 0.6 is 23.2 Å². The van der Waals surface area contributed by atoms with Crippen molar-refractivity contribution >= 4 is 40.9 Å². The molecule has 3 heterocycles. The van der Waals surface area contributed by atoms with Gasteiger partial charge in [0, 0.05) is 49.6 Å². The zero-order chi connectivity index (χ0) is 28.4. The molecule has 1 aromatic heterocycles. The van der Waals surface area contributed by atoms with E-state index in [0.717, 1.165) is 41.9 Å². The van der Waals surface area contributed by atoms with Crippen molar-refractivity contribution in [3.05, 3.63) is 44.8 Å². The minimum absolute atomic E-state index is 0.0389. The third kappa shape index (κ3) is 4.80. The van der Waals surface area contributed by atoms with E-state index in [0.29, 0.717) is 48.7 Å². The van der Waals surface area contributed by atoms with Crippen molar-refractivity contribution in [2.24, 2.45) is 0 Å². The molecule has 1 amide bonds. The van der Waals surface area contributed by atoms with Crippen molar-refractivity contribution < 1.29 is 23.8 Å². The average Bonchev–Trinajstić information content (AvgIpc) is 3.30. The number of carbonyl (C=O) groups is 2. The van der Waals surface area contributed by atoms with Gasteiger partial charge in [0.2, 0.25) is 5.28 Å². The number of Topliss-reactive ketones (excluding diaryl/α,β-unsaturated/α-hetero) is 1. The molecular weight excluding hydrogens is 555 g/mol. The number of methoxy groups -OCH3 is 1. The van der Waals surface area contributed by atoms with Crippen LogP contribution in [-0.2, 0) is 27.7 Å². The van der Waals surface area contributed by atoms with Crippen molar-refractivity contribution in [1.82, 2.24) is 14.9 Å². The van der Waals surface area contributed by atoms with E-state index in [4.69, 9.17) is 42.4 Å². The minimum atomic E-state index is -0.538. The van der Waals surface area contributed by atoms with Gasteiger partial charge in [-0.3, -0.25) is 9.69 Å². The van der Waals surface area contributed by atoms with Gasteiger partial charge in [-0.2, -0.15) is 0 Å². The fraction of sp³-hybridized carbons (Fsp3) is 0.586. The van der Waals surface area contributed by atoms with E-state index in [1.54, 1.807) is 13.2 Å². The summed E-state index contributed by atoms with van der Waals surface area (Å²) in [5.74, 6) is 1.45. The molecule has 2 saturated heterocycles. The predicted octanol–water partition coefficient (Wildman–Crippen LogP) is 5.37. The number of benzene rings is 1. The Kier molecular flexibility index (Phi) is 6.91. The molecule has 6 rings (SSSR count). The van der Waals surface area contributed by atoms with Crippen LogP contribution in [0, 0.1) is 0 Å². The fourth-order valence-corrected chi connectivity index (χ4v) is 7.48. The quantitative estimate of drug-likeness (QED) is 0.347. The topological polar surface area (TPSA) is 94.1 Å². The highest BCUT2D eigenvalue weighted by Gasteiger charge is 2.49. The van der Waals surface area contributed by atoms with Gasteiger partial charge in [-0.1, -0.05) is 11.6 Å². The summed E-state index contributed by atoms with van der Waals surface area (Å²) in [5, 5.41) is 0.587. The van der Waals surface area contributed by atoms with Crippen LogP contribution < -0.4 is 9.64 Å². The van der Waals surface area contributed by atoms with E-state index in [1.807, 2.05) is 31.7 Å². The maximum absolute atomic E-state index is 13.2. The first kappa shape index (κ1) is 27.5. The number of anilines is 1. The molecule has 3 unspecified atom stereocenters. The molecule has 2 fully saturated rings. The normalized spacial score (nSPS) is 25.3. The molecule has 2 aliphatic carbocycles. The second-order valence-corrected chi connectivity index (χ2v) is 13.1. The largest absolute Gasteiger partial charge is 0.468 e. The Morgan fingerprint density at radius 3 is 2.52 bits per heavy atom. The van der Waals surface area contributed by atoms with E-state index in [9.17, 15) is 9.59 Å². The van der Waals surface area contributed by atoms with Gasteiger partial charge in [-0.15, -0.1) is 0 Å². The Balaban J connectivity index is 1.29. The summed E-state index contributed by atoms with van der Waals surface area (Å²) in [6.45, 7) is 7.10. The monoisotopic (exact) mass is 588 g/mol. The van der Waals surface area contributed by atoms with E-state index < -0.39 is 11.0 Å². The SMILES string of the molecule is COCOc1cc(Cl)c2c(c1)C1(CCc3c(nc(Cl)nc3N3CC4CCC(C3)N4C(=O)OC(C)(C)C)C1)CC2=O. The number of aromatic nitrogens is 2. The number of carbonyl (C=O) groups excluding carboxylic acids is 2. The van der Waals surface area contributed by atoms with Gasteiger partial charge in [-0.05, 0) is 75.8 Å². The number of piperazine rings is 1. The van der Waals surface area contributed by atoms with Gasteiger partial charge in [0.05, 0.1) is 22.8 Å². The Labute approximate surface area is 244 Å². The number of rotatable bonds is 4. The van der Waals surface area contributed by atoms with Crippen molar-refractivity contribution in [1.29, 1.82) is 0 Å². The molecule has 2 bridgehead atoms. The van der Waals surface area contributed by atoms with Crippen molar-refractivity contribution in [2.75, 3.05) is 31.9 Å². The molecule has 2 aromatic rings. The van der Waals surface area contributed by atoms with Gasteiger partial charge in [0.15, 0.2) is 12.6 Å². The summed E-state index contributed by atoms with van der Waals surface area (Å²) < 4.78 is 16.5. The molecule has 3 atom stereocenters. The molecule has 1 spiro atoms. The third-order valence-corrected chi connectivity index (χ3v) is 9.01. The lowest BCUT2D eigenvalue weighted by Gasteiger charge is -2.43. The summed E-state index contributed by atoms with van der Waals surface area (Å²) in [6, 6.07) is 3.71. The number of ketones is 1. The van der Waals surface area contributed by atoms with E-state index in [2.05, 4.69) is 9.88 Å². The highest BCUT2D eigenvalue weighted by molar-refractivity contribution is 6.34. The predicted molar refractivity (Wildman–Crippen MR) is 151 cm³/mol. The molecule has 2 aliphatic heterocycles. The second-order valence-electron chi connectivity index (χ2n) is 12.4. The van der Waals surface area contributed by atoms with Crippen LogP contribution in [0.5, 0.6) is 5.75 Å². The zero-order valence-corrected chi connectivity index (χ0v) is 24.8. The van der Waals surface area contributed by atoms with E-state index in [1.165, 1.54) is 0 Å². The number of amides is 1. The Morgan fingerprint density at radius 2 is 1.85 bits per heavy atom. The Hall–Kier alpha value is -2.62. The van der Waals surface area contributed by atoms with Crippen LogP contribution in [0.25, 0.3) is 0 Å². The third-order valence-electron chi connectivity index (χ3n) is 8.55. The molecule has 9 nitrogen and oxygen atoms in total. The molecule has 0 radical (unpaired) electrons. The first-order valence-electron chi connectivity index (χ1n) is 13.8. The Bertz CT molecular complexity index is 1370. The minimum Gasteiger partial charge on any atom is -0.468 e. The summed E-state index contributed by atoms with van der Waals surface area (Å²) in [5.41, 5.74) is 2.44. The highest BCUT2D eigenvalue weighted by atomic mass is 35.5. The van der Waals surface area contributed by atoms with Crippen LogP contribution in [-0.4, -0.2) is 71.4 Å². The van der Waals surface area contributed by atoms with E-state index in [-0.39, 0.29) is 36.0 Å². The lowest BCUT2D eigenvalue weighted by molar-refractivity contribution is 0.0122. The molecule has 4 aliphatic rings. The van der Waals surface area contributed by atoms with Gasteiger partial charge >= 0.3 is 6.09 Å². The number of halogens is 2. The van der Waals surface area contributed by atoms with Crippen LogP contribution in [0.15, 0.2) is 12.1 Å². The van der Waals surface area contributed by atoms with E-state index >= 15 is 0 Å². The second kappa shape index (κ2) is 10.0. The first-order chi connectivity index (χ1) is 19.0. The van der Waals surface area contributed by atoms with Gasteiger partial charge in [-0.25, -0.2) is 14.8 Å². The molecule has 214 valence electrons. The molecular formula is C29H34Cl2N4O5. The zero-order valence-electron chi connectivity index (χ0n) is 23.3. The van der Waals surface area contributed by atoms with Crippen LogP contribution in [0.1, 0.15) is 73.6 Å². The lowest BCUT2D eigenvalue weighted by Crippen LogP contribution is -2.57. The molecule has 0 N–H and O–H groups in total. The average molecular weight is 590 g/mol. The Morgan fingerprint density at radius 1 is 1.12 bits per heavy atom. The van der Waals surface area contributed by atoms with Crippen molar-refractivity contribution in [2.45, 2.75) is 82.4 Å². The van der Waals surface area contributed by atoms with Gasteiger partial charge < -0.3 is 19.1 Å². The highest BCUT2D eigenvalue weighted by Crippen LogP contribution is 2.51. The maximum Gasteiger partial charge on any atom is 0.410 e. The maximum atomic E-state index is 13.2. The summed E-state index contributed by atoms with van der Waals surface area (Å²) in [6.07, 6.45) is 4.00. The van der Waals surface area contributed by atoms with Gasteiger partial charge in [0.1, 0.15) is 17.2 Å². The molecule has 40 heavy (non-hydrogen) atoms. The van der Waals surface area contributed by atoms with Crippen molar-refractivity contribution in [3.8, 4) is 5.75 Å². The summed E-state index contributed by atoms with van der Waals surface area (Å²) in [4.78, 5) is 39.7.